The molecule has 1 fully saturated rings. The molecule has 1 unspecified atom stereocenters. The zero-order valence-corrected chi connectivity index (χ0v) is 37.3. The van der Waals surface area contributed by atoms with Gasteiger partial charge in [0.2, 0.25) is 23.6 Å². The third kappa shape index (κ3) is 13.2. The molecule has 12 heteroatoms. The summed E-state index contributed by atoms with van der Waals surface area (Å²) in [4.78, 5) is 61.7. The van der Waals surface area contributed by atoms with E-state index in [0.29, 0.717) is 18.5 Å². The van der Waals surface area contributed by atoms with Crippen LogP contribution >= 0.6 is 0 Å². The summed E-state index contributed by atoms with van der Waals surface area (Å²) in [5.74, 6) is -1.59. The lowest BCUT2D eigenvalue weighted by Gasteiger charge is -2.41. The highest BCUT2D eigenvalue weighted by Crippen LogP contribution is 2.30. The van der Waals surface area contributed by atoms with Crippen LogP contribution in [0.15, 0.2) is 30.3 Å². The number of ether oxygens (including phenoxy) is 2. The van der Waals surface area contributed by atoms with Gasteiger partial charge in [0.05, 0.1) is 54.8 Å². The lowest BCUT2D eigenvalue weighted by molar-refractivity contribution is -0.148. The molecule has 0 aromatic heterocycles. The highest BCUT2D eigenvalue weighted by Gasteiger charge is 2.43. The predicted octanol–water partition coefficient (Wildman–Crippen LogP) is 5.29. The average Bonchev–Trinajstić information content (AvgIpc) is 3.61. The molecule has 4 amide bonds. The highest BCUT2D eigenvalue weighted by molar-refractivity contribution is 5.90. The van der Waals surface area contributed by atoms with E-state index in [0.717, 1.165) is 19.4 Å². The van der Waals surface area contributed by atoms with Crippen LogP contribution in [-0.2, 0) is 28.7 Å². The van der Waals surface area contributed by atoms with Gasteiger partial charge in [0, 0.05) is 34.4 Å². The summed E-state index contributed by atoms with van der Waals surface area (Å²) in [6, 6.07) is 6.68. The van der Waals surface area contributed by atoms with Gasteiger partial charge in [-0.25, -0.2) is 0 Å². The minimum atomic E-state index is -0.878. The van der Waals surface area contributed by atoms with Gasteiger partial charge in [-0.15, -0.1) is 0 Å². The van der Waals surface area contributed by atoms with Crippen LogP contribution in [0.2, 0.25) is 0 Å². The molecular formula is C44H77N5O7. The molecule has 1 aromatic rings. The number of aliphatic hydroxyl groups is 1. The van der Waals surface area contributed by atoms with Gasteiger partial charge in [0.25, 0.3) is 0 Å². The normalized spacial score (nSPS) is 19.8. The molecule has 0 spiro atoms. The smallest absolute Gasteiger partial charge is 0.245 e. The van der Waals surface area contributed by atoms with Crippen molar-refractivity contribution in [3.8, 4) is 0 Å². The first-order chi connectivity index (χ1) is 26.1. The van der Waals surface area contributed by atoms with Crippen LogP contribution < -0.4 is 10.6 Å². The molecule has 1 heterocycles. The fourth-order valence-corrected chi connectivity index (χ4v) is 8.51. The molecule has 56 heavy (non-hydrogen) atoms. The molecule has 0 radical (unpaired) electrons. The van der Waals surface area contributed by atoms with Gasteiger partial charge in [-0.2, -0.15) is 0 Å². The van der Waals surface area contributed by atoms with E-state index in [2.05, 4.69) is 50.2 Å². The third-order valence-electron chi connectivity index (χ3n) is 11.6. The Morgan fingerprint density at radius 3 is 2.02 bits per heavy atom. The predicted molar refractivity (Wildman–Crippen MR) is 223 cm³/mol. The lowest BCUT2D eigenvalue weighted by atomic mass is 9.89. The van der Waals surface area contributed by atoms with Crippen molar-refractivity contribution < 1.29 is 33.8 Å². The summed E-state index contributed by atoms with van der Waals surface area (Å²) in [5.41, 5.74) is 0.701. The van der Waals surface area contributed by atoms with Gasteiger partial charge in [0.1, 0.15) is 6.04 Å². The molecule has 320 valence electrons. The van der Waals surface area contributed by atoms with E-state index >= 15 is 0 Å². The van der Waals surface area contributed by atoms with E-state index in [-0.39, 0.29) is 59.3 Å². The fourth-order valence-electron chi connectivity index (χ4n) is 8.51. The number of nitrogens with one attached hydrogen (secondary N) is 2. The number of carbonyl (C=O) groups is 4. The van der Waals surface area contributed by atoms with Gasteiger partial charge in [-0.1, -0.05) is 106 Å². The van der Waals surface area contributed by atoms with Crippen molar-refractivity contribution >= 4 is 23.6 Å². The van der Waals surface area contributed by atoms with E-state index in [9.17, 15) is 24.3 Å². The molecule has 0 saturated carbocycles. The van der Waals surface area contributed by atoms with Crippen molar-refractivity contribution in [1.29, 1.82) is 0 Å². The molecule has 2 rings (SSSR count). The van der Waals surface area contributed by atoms with Gasteiger partial charge in [-0.05, 0) is 55.5 Å². The Hall–Kier alpha value is -3.06. The number of hydrogen-bond acceptors (Lipinski definition) is 8. The molecular weight excluding hydrogens is 711 g/mol. The van der Waals surface area contributed by atoms with E-state index in [4.69, 9.17) is 9.47 Å². The van der Waals surface area contributed by atoms with Gasteiger partial charge < -0.3 is 35.0 Å². The average molecular weight is 788 g/mol. The summed E-state index contributed by atoms with van der Waals surface area (Å²) < 4.78 is 12.0. The Kier molecular flexibility index (Phi) is 19.4. The van der Waals surface area contributed by atoms with Crippen LogP contribution in [-0.4, -0.2) is 127 Å². The van der Waals surface area contributed by atoms with E-state index in [1.54, 1.807) is 44.9 Å². The summed E-state index contributed by atoms with van der Waals surface area (Å²) in [6.45, 7) is 23.2. The number of likely N-dealkylation sites (tertiary alicyclic amines) is 1. The molecule has 10 atom stereocenters. The Labute approximate surface area is 338 Å². The van der Waals surface area contributed by atoms with E-state index in [1.165, 1.54) is 0 Å². The second kappa shape index (κ2) is 22.2. The maximum absolute atomic E-state index is 14.4. The number of aliphatic hydroxyl groups excluding tert-OH is 1. The molecule has 1 aliphatic heterocycles. The Morgan fingerprint density at radius 2 is 1.52 bits per heavy atom. The van der Waals surface area contributed by atoms with Crippen LogP contribution in [0.3, 0.4) is 0 Å². The Bertz CT molecular complexity index is 1390. The summed E-state index contributed by atoms with van der Waals surface area (Å²) in [6.07, 6.45) is 0.123. The number of amides is 4. The van der Waals surface area contributed by atoms with Crippen molar-refractivity contribution in [2.24, 2.45) is 29.1 Å². The summed E-state index contributed by atoms with van der Waals surface area (Å²) in [5, 5.41) is 16.9. The fraction of sp³-hybridized carbons (Fsp3) is 0.773. The van der Waals surface area contributed by atoms with Crippen molar-refractivity contribution in [1.82, 2.24) is 25.3 Å². The number of methoxy groups -OCH3 is 2. The van der Waals surface area contributed by atoms with Crippen molar-refractivity contribution in [2.75, 3.05) is 41.4 Å². The van der Waals surface area contributed by atoms with E-state index < -0.39 is 48.4 Å². The molecule has 3 N–H and O–H groups in total. The third-order valence-corrected chi connectivity index (χ3v) is 11.6. The maximum Gasteiger partial charge on any atom is 0.245 e. The monoisotopic (exact) mass is 788 g/mol. The molecule has 12 nitrogen and oxygen atoms in total. The Morgan fingerprint density at radius 1 is 0.911 bits per heavy atom. The molecule has 0 bridgehead atoms. The first-order valence-corrected chi connectivity index (χ1v) is 20.8. The SMILES string of the molecule is CCC(C)[C@@H]([C@@H](CC(=O)N1CCC[C@H]1[C@H](OC)[C@@H](C)C(=O)N[C@H](C)[C@@H](O)c1ccccc1)OC)N(C)C(=O)[C@@H](NC(=O)[C@H](C(C)C)N(C)CC(C)(C)C)C(C)C. The number of nitrogens with zero attached hydrogens (tertiary/aromatic N) is 3. The number of hydrogen-bond donors (Lipinski definition) is 3. The van der Waals surface area contributed by atoms with Crippen molar-refractivity contribution in [3.05, 3.63) is 35.9 Å². The topological polar surface area (TPSA) is 141 Å². The number of benzene rings is 1. The first kappa shape index (κ1) is 49.1. The van der Waals surface area contributed by atoms with Crippen molar-refractivity contribution in [3.63, 3.8) is 0 Å². The van der Waals surface area contributed by atoms with E-state index in [1.807, 2.05) is 65.1 Å². The molecule has 1 aliphatic rings. The number of likely N-dealkylation sites (N-methyl/N-ethyl adjacent to an activating group) is 2. The van der Waals surface area contributed by atoms with Crippen LogP contribution in [0.5, 0.6) is 0 Å². The minimum Gasteiger partial charge on any atom is -0.386 e. The van der Waals surface area contributed by atoms with Gasteiger partial charge in [-0.3, -0.25) is 24.1 Å². The lowest BCUT2D eigenvalue weighted by Crippen LogP contribution is -2.60. The molecule has 1 aromatic carbocycles. The summed E-state index contributed by atoms with van der Waals surface area (Å²) >= 11 is 0. The Balaban J connectivity index is 2.27. The van der Waals surface area contributed by atoms with Gasteiger partial charge in [0.15, 0.2) is 0 Å². The second-order valence-corrected chi connectivity index (χ2v) is 18.1. The molecule has 1 saturated heterocycles. The zero-order valence-electron chi connectivity index (χ0n) is 37.3. The van der Waals surface area contributed by atoms with Gasteiger partial charge >= 0.3 is 0 Å². The number of carbonyl (C=O) groups excluding carboxylic acids is 4. The zero-order chi connectivity index (χ0) is 42.7. The standard InChI is InChI=1S/C44H77N5O7/c1-16-29(6)38(48(13)43(54)36(27(2)3)46-42(53)37(28(4)5)47(12)26-44(9,10)11)34(55-14)25-35(50)49-24-20-23-33(49)40(56-15)30(7)41(52)45-31(8)39(51)32-21-18-17-19-22-32/h17-19,21-22,27-31,33-34,36-40,51H,16,20,23-26H2,1-15H3,(H,45,52)(H,46,53)/t29?,30-,31-,33+,34-,36+,37+,38+,39-,40-/m1/s1. The minimum absolute atomic E-state index is 0.00988. The first-order valence-electron chi connectivity index (χ1n) is 20.8. The number of rotatable bonds is 21. The van der Waals surface area contributed by atoms with Crippen LogP contribution in [0.4, 0.5) is 0 Å². The van der Waals surface area contributed by atoms with Crippen molar-refractivity contribution in [2.45, 2.75) is 150 Å². The highest BCUT2D eigenvalue weighted by atomic mass is 16.5. The van der Waals surface area contributed by atoms with Crippen LogP contribution in [0.25, 0.3) is 0 Å². The largest absolute Gasteiger partial charge is 0.386 e. The van der Waals surface area contributed by atoms with Crippen LogP contribution in [0, 0.1) is 29.1 Å². The quantitative estimate of drug-likeness (QED) is 0.153. The maximum atomic E-state index is 14.4. The van der Waals surface area contributed by atoms with Crippen LogP contribution in [0.1, 0.15) is 114 Å². The summed E-state index contributed by atoms with van der Waals surface area (Å²) in [7, 11) is 6.84. The second-order valence-electron chi connectivity index (χ2n) is 18.1. The molecule has 0 aliphatic carbocycles.